The fraction of sp³-hybridized carbons (Fsp3) is 0.273. The Labute approximate surface area is 91.0 Å². The van der Waals surface area contributed by atoms with Gasteiger partial charge in [0.05, 0.1) is 6.54 Å². The minimum absolute atomic E-state index is 0.0213. The van der Waals surface area contributed by atoms with Gasteiger partial charge in [-0.15, -0.1) is 0 Å². The number of amides is 2. The fourth-order valence-corrected chi connectivity index (χ4v) is 2.43. The van der Waals surface area contributed by atoms with Crippen LogP contribution in [0.1, 0.15) is 22.3 Å². The molecule has 2 heterocycles. The zero-order valence-corrected chi connectivity index (χ0v) is 8.37. The lowest BCUT2D eigenvalue weighted by molar-refractivity contribution is -0.145. The van der Waals surface area contributed by atoms with E-state index in [-0.39, 0.29) is 24.0 Å². The second-order valence-electron chi connectivity index (χ2n) is 4.05. The van der Waals surface area contributed by atoms with Crippen LogP contribution in [0.25, 0.3) is 0 Å². The van der Waals surface area contributed by atoms with Crippen molar-refractivity contribution in [2.45, 2.75) is 12.0 Å². The third-order valence-electron chi connectivity index (χ3n) is 3.23. The number of nitrogens with one attached hydrogen (secondary N) is 1. The maximum atomic E-state index is 13.2. The van der Waals surface area contributed by atoms with Gasteiger partial charge in [0.1, 0.15) is 5.54 Å². The number of carbonyl (C=O) groups excluding carboxylic acids is 2. The molecular formula is C11H9FN2O2. The van der Waals surface area contributed by atoms with Crippen molar-refractivity contribution in [3.8, 4) is 0 Å². The van der Waals surface area contributed by atoms with Gasteiger partial charge < -0.3 is 5.32 Å². The van der Waals surface area contributed by atoms with Crippen LogP contribution in [0.4, 0.5) is 4.48 Å². The van der Waals surface area contributed by atoms with Crippen LogP contribution in [0.2, 0.25) is 0 Å². The molecule has 16 heavy (non-hydrogen) atoms. The van der Waals surface area contributed by atoms with E-state index < -0.39 is 11.4 Å². The Morgan fingerprint density at radius 1 is 1.31 bits per heavy atom. The zero-order valence-electron chi connectivity index (χ0n) is 8.37. The summed E-state index contributed by atoms with van der Waals surface area (Å²) in [7, 11) is 0. The number of halogens is 1. The highest BCUT2D eigenvalue weighted by molar-refractivity contribution is 6.07. The lowest BCUT2D eigenvalue weighted by Gasteiger charge is -2.21. The first-order valence-corrected chi connectivity index (χ1v) is 5.05. The summed E-state index contributed by atoms with van der Waals surface area (Å²) >= 11 is 0. The first kappa shape index (κ1) is 9.33. The molecule has 82 valence electrons. The van der Waals surface area contributed by atoms with Gasteiger partial charge in [0.15, 0.2) is 0 Å². The molecular weight excluding hydrogens is 211 g/mol. The third-order valence-corrected chi connectivity index (χ3v) is 3.23. The number of rotatable bonds is 0. The second-order valence-corrected chi connectivity index (χ2v) is 4.05. The van der Waals surface area contributed by atoms with E-state index in [9.17, 15) is 14.1 Å². The molecule has 2 aliphatic heterocycles. The molecule has 1 fully saturated rings. The summed E-state index contributed by atoms with van der Waals surface area (Å²) in [6.07, 6.45) is 0.283. The Morgan fingerprint density at radius 3 is 2.75 bits per heavy atom. The van der Waals surface area contributed by atoms with Crippen molar-refractivity contribution in [1.82, 2.24) is 10.4 Å². The van der Waals surface area contributed by atoms with Gasteiger partial charge in [0.2, 0.25) is 0 Å². The predicted molar refractivity (Wildman–Crippen MR) is 53.0 cm³/mol. The van der Waals surface area contributed by atoms with Crippen LogP contribution in [0.3, 0.4) is 0 Å². The number of fused-ring (bicyclic) bond motifs is 2. The highest BCUT2D eigenvalue weighted by Crippen LogP contribution is 2.39. The van der Waals surface area contributed by atoms with E-state index in [1.807, 2.05) is 0 Å². The van der Waals surface area contributed by atoms with Crippen molar-refractivity contribution < 1.29 is 14.1 Å². The van der Waals surface area contributed by atoms with Gasteiger partial charge in [-0.05, 0) is 11.6 Å². The average Bonchev–Trinajstić information content (AvgIpc) is 2.74. The summed E-state index contributed by atoms with van der Waals surface area (Å²) in [5.74, 6) is -0.981. The van der Waals surface area contributed by atoms with E-state index in [1.165, 1.54) is 0 Å². The maximum absolute atomic E-state index is 13.2. The van der Waals surface area contributed by atoms with Crippen LogP contribution in [0.5, 0.6) is 0 Å². The number of hydrogen-bond acceptors (Lipinski definition) is 2. The Bertz CT molecular complexity index is 503. The van der Waals surface area contributed by atoms with E-state index in [1.54, 1.807) is 24.3 Å². The molecule has 2 aliphatic rings. The summed E-state index contributed by atoms with van der Waals surface area (Å²) in [6, 6.07) is 6.82. The molecule has 0 aliphatic carbocycles. The normalized spacial score (nSPS) is 27.4. The predicted octanol–water partition coefficient (Wildman–Crippen LogP) is 0.742. The minimum atomic E-state index is -1.16. The van der Waals surface area contributed by atoms with Crippen LogP contribution in [-0.2, 0) is 10.3 Å². The number of carbonyl (C=O) groups is 2. The molecule has 1 aromatic carbocycles. The van der Waals surface area contributed by atoms with E-state index in [0.717, 1.165) is 0 Å². The molecule has 1 saturated heterocycles. The van der Waals surface area contributed by atoms with Gasteiger partial charge in [-0.25, -0.2) is 0 Å². The molecule has 0 saturated carbocycles. The number of hydrogen-bond donors (Lipinski definition) is 1. The Morgan fingerprint density at radius 2 is 2.06 bits per heavy atom. The number of benzene rings is 1. The van der Waals surface area contributed by atoms with Crippen LogP contribution < -0.4 is 5.32 Å². The van der Waals surface area contributed by atoms with Crippen LogP contribution >= 0.6 is 0 Å². The Hall–Kier alpha value is -1.91. The molecule has 0 radical (unpaired) electrons. The van der Waals surface area contributed by atoms with E-state index in [0.29, 0.717) is 11.1 Å². The van der Waals surface area contributed by atoms with Gasteiger partial charge in [-0.3, -0.25) is 9.59 Å². The molecule has 1 N–H and O–H groups in total. The molecule has 1 spiro atoms. The van der Waals surface area contributed by atoms with Gasteiger partial charge in [0, 0.05) is 12.0 Å². The first-order valence-electron chi connectivity index (χ1n) is 5.05. The van der Waals surface area contributed by atoms with Crippen molar-refractivity contribution in [1.29, 1.82) is 0 Å². The van der Waals surface area contributed by atoms with Crippen molar-refractivity contribution in [2.75, 3.05) is 6.54 Å². The molecule has 1 unspecified atom stereocenters. The molecule has 0 aromatic heterocycles. The largest absolute Gasteiger partial charge is 0.334 e. The van der Waals surface area contributed by atoms with Crippen LogP contribution in [-0.4, -0.2) is 23.5 Å². The average molecular weight is 220 g/mol. The third kappa shape index (κ3) is 0.925. The summed E-state index contributed by atoms with van der Waals surface area (Å²) in [5.41, 5.74) is -0.112. The molecule has 4 nitrogen and oxygen atoms in total. The smallest absolute Gasteiger partial charge is 0.280 e. The highest BCUT2D eigenvalue weighted by atomic mass is 19.2. The van der Waals surface area contributed by atoms with Crippen LogP contribution in [0.15, 0.2) is 24.3 Å². The molecule has 0 bridgehead atoms. The summed E-state index contributed by atoms with van der Waals surface area (Å²) < 4.78 is 13.2. The Balaban J connectivity index is 2.20. The van der Waals surface area contributed by atoms with Gasteiger partial charge in [0.25, 0.3) is 11.8 Å². The number of nitrogens with zero attached hydrogens (tertiary/aromatic N) is 1. The molecule has 2 amide bonds. The van der Waals surface area contributed by atoms with E-state index in [4.69, 9.17) is 0 Å². The summed E-state index contributed by atoms with van der Waals surface area (Å²) in [6.45, 7) is 0.0213. The van der Waals surface area contributed by atoms with Crippen molar-refractivity contribution in [3.05, 3.63) is 35.4 Å². The first-order chi connectivity index (χ1) is 7.65. The van der Waals surface area contributed by atoms with Gasteiger partial charge >= 0.3 is 0 Å². The quantitative estimate of drug-likeness (QED) is 0.656. The molecule has 1 aromatic rings. The van der Waals surface area contributed by atoms with Crippen molar-refractivity contribution in [3.63, 3.8) is 0 Å². The van der Waals surface area contributed by atoms with Crippen LogP contribution in [0, 0.1) is 0 Å². The van der Waals surface area contributed by atoms with Crippen molar-refractivity contribution in [2.24, 2.45) is 0 Å². The highest BCUT2D eigenvalue weighted by Gasteiger charge is 2.54. The van der Waals surface area contributed by atoms with Crippen molar-refractivity contribution >= 4 is 11.8 Å². The lowest BCUT2D eigenvalue weighted by Crippen LogP contribution is -2.45. The van der Waals surface area contributed by atoms with E-state index in [2.05, 4.69) is 5.32 Å². The van der Waals surface area contributed by atoms with E-state index >= 15 is 0 Å². The molecule has 5 heteroatoms. The summed E-state index contributed by atoms with van der Waals surface area (Å²) in [5, 5.41) is 2.77. The Kier molecular flexibility index (Phi) is 1.64. The lowest BCUT2D eigenvalue weighted by atomic mass is 9.89. The maximum Gasteiger partial charge on any atom is 0.280 e. The fourth-order valence-electron chi connectivity index (χ4n) is 2.43. The van der Waals surface area contributed by atoms with Gasteiger partial charge in [-0.1, -0.05) is 22.7 Å². The monoisotopic (exact) mass is 220 g/mol. The van der Waals surface area contributed by atoms with Gasteiger partial charge in [-0.2, -0.15) is 5.12 Å². The summed E-state index contributed by atoms with van der Waals surface area (Å²) in [4.78, 5) is 23.4. The SMILES string of the molecule is O=C1NC2(CCN(F)C2=O)c2ccccc21. The minimum Gasteiger partial charge on any atom is -0.334 e. The topological polar surface area (TPSA) is 49.4 Å². The standard InChI is InChI=1S/C11H9FN2O2/c12-14-6-5-11(10(14)16)8-4-2-1-3-7(8)9(15)13-11/h1-4H,5-6H2,(H,13,15). The zero-order chi connectivity index (χ0) is 11.3. The molecule has 3 rings (SSSR count). The second kappa shape index (κ2) is 2.81. The molecule has 1 atom stereocenters.